The molecule has 1 aromatic heterocycles. The van der Waals surface area contributed by atoms with E-state index in [1.807, 2.05) is 32.0 Å². The highest BCUT2D eigenvalue weighted by Crippen LogP contribution is 2.32. The largest absolute Gasteiger partial charge is 0.493 e. The van der Waals surface area contributed by atoms with Crippen molar-refractivity contribution in [3.63, 3.8) is 0 Å². The van der Waals surface area contributed by atoms with Crippen molar-refractivity contribution in [3.8, 4) is 22.8 Å². The molecule has 0 saturated heterocycles. The predicted octanol–water partition coefficient (Wildman–Crippen LogP) is 2.78. The van der Waals surface area contributed by atoms with E-state index in [1.165, 1.54) is 0 Å². The van der Waals surface area contributed by atoms with Crippen LogP contribution in [0.5, 0.6) is 11.5 Å². The molecule has 94 valence electrons. The lowest BCUT2D eigenvalue weighted by molar-refractivity contribution is 0.355. The number of hydrogen-bond acceptors (Lipinski definition) is 4. The Bertz CT molecular complexity index is 568. The second-order valence-electron chi connectivity index (χ2n) is 4.07. The zero-order chi connectivity index (χ0) is 13.1. The molecule has 2 rings (SSSR count). The van der Waals surface area contributed by atoms with E-state index >= 15 is 0 Å². The molecule has 0 spiro atoms. The Morgan fingerprint density at radius 2 is 1.72 bits per heavy atom. The van der Waals surface area contributed by atoms with Crippen LogP contribution < -0.4 is 9.47 Å². The van der Waals surface area contributed by atoms with E-state index in [-0.39, 0.29) is 0 Å². The molecular formula is C14H16N2O2. The Morgan fingerprint density at radius 1 is 1.00 bits per heavy atom. The van der Waals surface area contributed by atoms with E-state index in [9.17, 15) is 0 Å². The van der Waals surface area contributed by atoms with Crippen molar-refractivity contribution in [1.29, 1.82) is 0 Å². The van der Waals surface area contributed by atoms with Crippen molar-refractivity contribution in [2.75, 3.05) is 14.2 Å². The predicted molar refractivity (Wildman–Crippen MR) is 70.0 cm³/mol. The Balaban J connectivity index is 2.54. The van der Waals surface area contributed by atoms with Gasteiger partial charge in [-0.3, -0.25) is 0 Å². The van der Waals surface area contributed by atoms with Crippen LogP contribution in [0.3, 0.4) is 0 Å². The summed E-state index contributed by atoms with van der Waals surface area (Å²) in [6.07, 6.45) is 1.76. The third-order valence-electron chi connectivity index (χ3n) is 3.01. The molecule has 4 nitrogen and oxygen atoms in total. The molecule has 0 aliphatic carbocycles. The standard InChI is InChI=1S/C14H16N2O2/c1-9-8-15-16-14(10(9)2)11-5-6-12(17-3)13(7-11)18-4/h5-8H,1-4H3. The fourth-order valence-corrected chi connectivity index (χ4v) is 1.79. The average Bonchev–Trinajstić information content (AvgIpc) is 2.41. The number of aromatic nitrogens is 2. The highest BCUT2D eigenvalue weighted by Gasteiger charge is 2.10. The highest BCUT2D eigenvalue weighted by molar-refractivity contribution is 5.67. The van der Waals surface area contributed by atoms with Crippen LogP contribution in [0.4, 0.5) is 0 Å². The van der Waals surface area contributed by atoms with Crippen LogP contribution in [0.15, 0.2) is 24.4 Å². The molecule has 0 amide bonds. The fourth-order valence-electron chi connectivity index (χ4n) is 1.79. The van der Waals surface area contributed by atoms with Crippen molar-refractivity contribution in [1.82, 2.24) is 10.2 Å². The summed E-state index contributed by atoms with van der Waals surface area (Å²) in [6, 6.07) is 5.74. The highest BCUT2D eigenvalue weighted by atomic mass is 16.5. The van der Waals surface area contributed by atoms with Crippen LogP contribution >= 0.6 is 0 Å². The van der Waals surface area contributed by atoms with Gasteiger partial charge in [-0.25, -0.2) is 0 Å². The first-order chi connectivity index (χ1) is 8.67. The summed E-state index contributed by atoms with van der Waals surface area (Å²) in [6.45, 7) is 4.06. The van der Waals surface area contributed by atoms with E-state index in [0.29, 0.717) is 11.5 Å². The molecule has 0 saturated carbocycles. The van der Waals surface area contributed by atoms with Crippen molar-refractivity contribution in [3.05, 3.63) is 35.5 Å². The topological polar surface area (TPSA) is 44.2 Å². The van der Waals surface area contributed by atoms with E-state index in [1.54, 1.807) is 20.4 Å². The van der Waals surface area contributed by atoms with Crippen molar-refractivity contribution >= 4 is 0 Å². The number of methoxy groups -OCH3 is 2. The van der Waals surface area contributed by atoms with Gasteiger partial charge < -0.3 is 9.47 Å². The molecule has 0 aliphatic rings. The van der Waals surface area contributed by atoms with E-state index in [2.05, 4.69) is 10.2 Å². The van der Waals surface area contributed by atoms with Gasteiger partial charge in [0, 0.05) is 5.56 Å². The van der Waals surface area contributed by atoms with Gasteiger partial charge in [0.25, 0.3) is 0 Å². The molecule has 18 heavy (non-hydrogen) atoms. The second kappa shape index (κ2) is 5.04. The lowest BCUT2D eigenvalue weighted by atomic mass is 10.0. The fraction of sp³-hybridized carbons (Fsp3) is 0.286. The molecule has 1 aromatic carbocycles. The molecule has 0 N–H and O–H groups in total. The van der Waals surface area contributed by atoms with Crippen LogP contribution in [0, 0.1) is 13.8 Å². The Hall–Kier alpha value is -2.10. The van der Waals surface area contributed by atoms with Gasteiger partial charge >= 0.3 is 0 Å². The van der Waals surface area contributed by atoms with Crippen LogP contribution in [0.25, 0.3) is 11.3 Å². The van der Waals surface area contributed by atoms with Gasteiger partial charge in [-0.2, -0.15) is 10.2 Å². The number of hydrogen-bond donors (Lipinski definition) is 0. The summed E-state index contributed by atoms with van der Waals surface area (Å²) in [5, 5.41) is 8.19. The van der Waals surface area contributed by atoms with Gasteiger partial charge in [0.2, 0.25) is 0 Å². The molecule has 0 aliphatic heterocycles. The molecule has 1 heterocycles. The first-order valence-corrected chi connectivity index (χ1v) is 5.68. The van der Waals surface area contributed by atoms with Gasteiger partial charge in [0.15, 0.2) is 11.5 Å². The number of ether oxygens (including phenoxy) is 2. The van der Waals surface area contributed by atoms with Crippen LogP contribution in [-0.2, 0) is 0 Å². The summed E-state index contributed by atoms with van der Waals surface area (Å²) in [4.78, 5) is 0. The summed E-state index contributed by atoms with van der Waals surface area (Å²) in [5.41, 5.74) is 4.09. The SMILES string of the molecule is COc1ccc(-c2nncc(C)c2C)cc1OC. The van der Waals surface area contributed by atoms with Gasteiger partial charge in [-0.05, 0) is 43.2 Å². The monoisotopic (exact) mass is 244 g/mol. The average molecular weight is 244 g/mol. The van der Waals surface area contributed by atoms with E-state index in [0.717, 1.165) is 22.4 Å². The molecule has 0 fully saturated rings. The lowest BCUT2D eigenvalue weighted by Crippen LogP contribution is -1.96. The maximum Gasteiger partial charge on any atom is 0.161 e. The number of rotatable bonds is 3. The summed E-state index contributed by atoms with van der Waals surface area (Å²) in [7, 11) is 3.24. The first-order valence-electron chi connectivity index (χ1n) is 5.68. The third-order valence-corrected chi connectivity index (χ3v) is 3.01. The molecular weight excluding hydrogens is 228 g/mol. The number of nitrogens with zero attached hydrogens (tertiary/aromatic N) is 2. The summed E-state index contributed by atoms with van der Waals surface area (Å²) >= 11 is 0. The molecule has 4 heteroatoms. The van der Waals surface area contributed by atoms with Gasteiger partial charge in [0.05, 0.1) is 26.1 Å². The first kappa shape index (κ1) is 12.4. The van der Waals surface area contributed by atoms with Crippen molar-refractivity contribution < 1.29 is 9.47 Å². The van der Waals surface area contributed by atoms with E-state index in [4.69, 9.17) is 9.47 Å². The minimum Gasteiger partial charge on any atom is -0.493 e. The smallest absolute Gasteiger partial charge is 0.161 e. The summed E-state index contributed by atoms with van der Waals surface area (Å²) in [5.74, 6) is 1.40. The van der Waals surface area contributed by atoms with Gasteiger partial charge in [0.1, 0.15) is 0 Å². The van der Waals surface area contributed by atoms with Crippen LogP contribution in [0.2, 0.25) is 0 Å². The van der Waals surface area contributed by atoms with E-state index < -0.39 is 0 Å². The molecule has 0 bridgehead atoms. The normalized spacial score (nSPS) is 10.2. The molecule has 2 aromatic rings. The zero-order valence-electron chi connectivity index (χ0n) is 11.0. The maximum absolute atomic E-state index is 5.30. The Morgan fingerprint density at radius 3 is 2.39 bits per heavy atom. The quantitative estimate of drug-likeness (QED) is 0.832. The minimum atomic E-state index is 0.692. The molecule has 0 atom stereocenters. The van der Waals surface area contributed by atoms with Crippen molar-refractivity contribution in [2.45, 2.75) is 13.8 Å². The maximum atomic E-state index is 5.30. The van der Waals surface area contributed by atoms with Crippen LogP contribution in [0.1, 0.15) is 11.1 Å². The van der Waals surface area contributed by atoms with Crippen molar-refractivity contribution in [2.24, 2.45) is 0 Å². The Labute approximate surface area is 107 Å². The van der Waals surface area contributed by atoms with Gasteiger partial charge in [-0.1, -0.05) is 0 Å². The number of benzene rings is 1. The Kier molecular flexibility index (Phi) is 3.46. The van der Waals surface area contributed by atoms with Gasteiger partial charge in [-0.15, -0.1) is 0 Å². The van der Waals surface area contributed by atoms with Crippen LogP contribution in [-0.4, -0.2) is 24.4 Å². The minimum absolute atomic E-state index is 0.692. The molecule has 0 radical (unpaired) electrons. The zero-order valence-corrected chi connectivity index (χ0v) is 11.0. The molecule has 0 unspecified atom stereocenters. The second-order valence-corrected chi connectivity index (χ2v) is 4.07. The number of aryl methyl sites for hydroxylation is 1. The third kappa shape index (κ3) is 2.14. The summed E-state index contributed by atoms with van der Waals surface area (Å²) < 4.78 is 10.5. The lowest BCUT2D eigenvalue weighted by Gasteiger charge is -2.11.